The van der Waals surface area contributed by atoms with E-state index in [4.69, 9.17) is 18.7 Å². The highest BCUT2D eigenvalue weighted by atomic mass is 16.5. The number of ether oxygens (including phenoxy) is 3. The number of benzene rings is 1. The summed E-state index contributed by atoms with van der Waals surface area (Å²) in [6.45, 7) is 3.54. The molecular formula is C21H30N4O5. The van der Waals surface area contributed by atoms with Crippen LogP contribution in [0.3, 0.4) is 0 Å². The second-order valence-electron chi connectivity index (χ2n) is 7.27. The van der Waals surface area contributed by atoms with Gasteiger partial charge in [0.15, 0.2) is 11.5 Å². The Bertz CT molecular complexity index is 817. The molecular weight excluding hydrogens is 388 g/mol. The van der Waals surface area contributed by atoms with Crippen LogP contribution >= 0.6 is 0 Å². The molecule has 0 aliphatic carbocycles. The molecule has 1 amide bonds. The molecule has 1 aromatic heterocycles. The number of aromatic nitrogens is 2. The van der Waals surface area contributed by atoms with Gasteiger partial charge in [-0.1, -0.05) is 5.16 Å². The molecule has 1 aromatic carbocycles. The molecule has 1 fully saturated rings. The van der Waals surface area contributed by atoms with Crippen molar-refractivity contribution >= 4 is 5.91 Å². The van der Waals surface area contributed by atoms with Gasteiger partial charge in [0.05, 0.1) is 20.8 Å². The van der Waals surface area contributed by atoms with Gasteiger partial charge in [-0.25, -0.2) is 0 Å². The highest BCUT2D eigenvalue weighted by Crippen LogP contribution is 2.31. The van der Waals surface area contributed by atoms with Gasteiger partial charge in [-0.05, 0) is 50.6 Å². The number of hydrogen-bond donors (Lipinski definition) is 1. The van der Waals surface area contributed by atoms with Gasteiger partial charge in [0.2, 0.25) is 17.6 Å². The Morgan fingerprint density at radius 1 is 1.20 bits per heavy atom. The molecule has 1 N–H and O–H groups in total. The third kappa shape index (κ3) is 5.70. The number of nitrogens with zero attached hydrogens (tertiary/aromatic N) is 3. The van der Waals surface area contributed by atoms with Crippen LogP contribution in [0.2, 0.25) is 0 Å². The fraction of sp³-hybridized carbons (Fsp3) is 0.571. The second-order valence-corrected chi connectivity index (χ2v) is 7.27. The van der Waals surface area contributed by atoms with Gasteiger partial charge in [-0.15, -0.1) is 0 Å². The maximum Gasteiger partial charge on any atom is 0.241 e. The first-order chi connectivity index (χ1) is 14.6. The van der Waals surface area contributed by atoms with Crippen molar-refractivity contribution in [2.45, 2.75) is 25.8 Å². The molecule has 9 heteroatoms. The Balaban J connectivity index is 1.50. The number of piperidine rings is 1. The molecule has 0 spiro atoms. The van der Waals surface area contributed by atoms with Gasteiger partial charge in [-0.2, -0.15) is 4.98 Å². The summed E-state index contributed by atoms with van der Waals surface area (Å²) in [5.74, 6) is 2.53. The van der Waals surface area contributed by atoms with Gasteiger partial charge in [-0.3, -0.25) is 9.69 Å². The molecule has 0 saturated carbocycles. The summed E-state index contributed by atoms with van der Waals surface area (Å²) >= 11 is 0. The molecule has 3 rings (SSSR count). The smallest absolute Gasteiger partial charge is 0.241 e. The van der Waals surface area contributed by atoms with Crippen molar-refractivity contribution in [3.05, 3.63) is 24.1 Å². The lowest BCUT2D eigenvalue weighted by molar-refractivity contribution is -0.126. The van der Waals surface area contributed by atoms with Crippen LogP contribution in [-0.2, 0) is 16.1 Å². The first kappa shape index (κ1) is 22.0. The van der Waals surface area contributed by atoms with E-state index in [9.17, 15) is 4.79 Å². The van der Waals surface area contributed by atoms with Crippen LogP contribution < -0.4 is 14.8 Å². The zero-order valence-electron chi connectivity index (χ0n) is 17.8. The summed E-state index contributed by atoms with van der Waals surface area (Å²) < 4.78 is 21.0. The molecule has 0 atom stereocenters. The zero-order valence-corrected chi connectivity index (χ0v) is 17.8. The Labute approximate surface area is 176 Å². The molecule has 30 heavy (non-hydrogen) atoms. The van der Waals surface area contributed by atoms with E-state index in [0.29, 0.717) is 42.9 Å². The molecule has 0 radical (unpaired) electrons. The Hall–Kier alpha value is -2.65. The Morgan fingerprint density at radius 3 is 2.67 bits per heavy atom. The van der Waals surface area contributed by atoms with E-state index in [1.165, 1.54) is 0 Å². The van der Waals surface area contributed by atoms with Crippen molar-refractivity contribution in [1.82, 2.24) is 20.4 Å². The third-order valence-corrected chi connectivity index (χ3v) is 5.25. The topological polar surface area (TPSA) is 99.0 Å². The largest absolute Gasteiger partial charge is 0.493 e. The monoisotopic (exact) mass is 418 g/mol. The zero-order chi connectivity index (χ0) is 21.3. The van der Waals surface area contributed by atoms with E-state index in [1.54, 1.807) is 21.3 Å². The quantitative estimate of drug-likeness (QED) is 0.586. The third-order valence-electron chi connectivity index (χ3n) is 5.25. The molecule has 164 valence electrons. The minimum Gasteiger partial charge on any atom is -0.493 e. The maximum absolute atomic E-state index is 12.3. The van der Waals surface area contributed by atoms with Crippen LogP contribution in [0.5, 0.6) is 11.5 Å². The van der Waals surface area contributed by atoms with Crippen LogP contribution in [0.15, 0.2) is 22.7 Å². The van der Waals surface area contributed by atoms with E-state index in [-0.39, 0.29) is 11.8 Å². The lowest BCUT2D eigenvalue weighted by atomic mass is 9.96. The van der Waals surface area contributed by atoms with E-state index >= 15 is 0 Å². The number of amides is 1. The maximum atomic E-state index is 12.3. The molecule has 9 nitrogen and oxygen atoms in total. The lowest BCUT2D eigenvalue weighted by Crippen LogP contribution is -2.40. The average Bonchev–Trinajstić information content (AvgIpc) is 3.25. The number of rotatable bonds is 10. The predicted octanol–water partition coefficient (Wildman–Crippen LogP) is 2.12. The highest BCUT2D eigenvalue weighted by molar-refractivity contribution is 5.78. The SMILES string of the molecule is COCCCNC(=O)C1CCN(Cc2nc(-c3ccc(OC)c(OC)c3)no2)CC1. The van der Waals surface area contributed by atoms with Crippen LogP contribution in [0.25, 0.3) is 11.4 Å². The molecule has 1 aliphatic rings. The number of nitrogens with one attached hydrogen (secondary N) is 1. The molecule has 2 heterocycles. The Kier molecular flexibility index (Phi) is 8.04. The molecule has 1 aliphatic heterocycles. The summed E-state index contributed by atoms with van der Waals surface area (Å²) in [6.07, 6.45) is 2.49. The number of carbonyl (C=O) groups is 1. The van der Waals surface area contributed by atoms with Gasteiger partial charge in [0.1, 0.15) is 0 Å². The normalized spacial score (nSPS) is 15.2. The van der Waals surface area contributed by atoms with Crippen molar-refractivity contribution in [3.63, 3.8) is 0 Å². The number of methoxy groups -OCH3 is 3. The van der Waals surface area contributed by atoms with Crippen molar-refractivity contribution in [2.24, 2.45) is 5.92 Å². The average molecular weight is 418 g/mol. The first-order valence-electron chi connectivity index (χ1n) is 10.2. The van der Waals surface area contributed by atoms with Crippen LogP contribution in [0.4, 0.5) is 0 Å². The minimum atomic E-state index is 0.0637. The summed E-state index contributed by atoms with van der Waals surface area (Å²) in [6, 6.07) is 5.51. The van der Waals surface area contributed by atoms with Crippen molar-refractivity contribution < 1.29 is 23.5 Å². The van der Waals surface area contributed by atoms with Crippen LogP contribution in [0.1, 0.15) is 25.2 Å². The first-order valence-corrected chi connectivity index (χ1v) is 10.2. The van der Waals surface area contributed by atoms with E-state index in [2.05, 4.69) is 20.4 Å². The van der Waals surface area contributed by atoms with E-state index in [0.717, 1.165) is 37.9 Å². The fourth-order valence-electron chi connectivity index (χ4n) is 3.53. The summed E-state index contributed by atoms with van der Waals surface area (Å²) in [4.78, 5) is 19.0. The Morgan fingerprint density at radius 2 is 1.97 bits per heavy atom. The minimum absolute atomic E-state index is 0.0637. The lowest BCUT2D eigenvalue weighted by Gasteiger charge is -2.30. The molecule has 0 bridgehead atoms. The number of carbonyl (C=O) groups excluding carboxylic acids is 1. The van der Waals surface area contributed by atoms with Gasteiger partial charge >= 0.3 is 0 Å². The predicted molar refractivity (Wildman–Crippen MR) is 110 cm³/mol. The van der Waals surface area contributed by atoms with Gasteiger partial charge in [0, 0.05) is 31.7 Å². The van der Waals surface area contributed by atoms with Crippen LogP contribution in [0, 0.1) is 5.92 Å². The van der Waals surface area contributed by atoms with E-state index in [1.807, 2.05) is 18.2 Å². The van der Waals surface area contributed by atoms with E-state index < -0.39 is 0 Å². The fourth-order valence-corrected chi connectivity index (χ4v) is 3.53. The van der Waals surface area contributed by atoms with Crippen molar-refractivity contribution in [2.75, 3.05) is 47.6 Å². The highest BCUT2D eigenvalue weighted by Gasteiger charge is 2.25. The number of likely N-dealkylation sites (tertiary alicyclic amines) is 1. The molecule has 2 aromatic rings. The van der Waals surface area contributed by atoms with Crippen molar-refractivity contribution in [1.29, 1.82) is 0 Å². The second kappa shape index (κ2) is 10.9. The summed E-state index contributed by atoms with van der Waals surface area (Å²) in [5, 5.41) is 7.08. The number of hydrogen-bond acceptors (Lipinski definition) is 8. The molecule has 1 saturated heterocycles. The summed E-state index contributed by atoms with van der Waals surface area (Å²) in [5.41, 5.74) is 0.798. The van der Waals surface area contributed by atoms with Gasteiger partial charge in [0.25, 0.3) is 0 Å². The summed E-state index contributed by atoms with van der Waals surface area (Å²) in [7, 11) is 4.85. The standard InChI is InChI=1S/C21H30N4O5/c1-27-12-4-9-22-21(26)15-7-10-25(11-8-15)14-19-23-20(24-30-19)16-5-6-17(28-2)18(13-16)29-3/h5-6,13,15H,4,7-12,14H2,1-3H3,(H,22,26). The van der Waals surface area contributed by atoms with Crippen molar-refractivity contribution in [3.8, 4) is 22.9 Å². The van der Waals surface area contributed by atoms with Gasteiger partial charge < -0.3 is 24.1 Å². The molecule has 0 unspecified atom stereocenters. The van der Waals surface area contributed by atoms with Crippen LogP contribution in [-0.4, -0.2) is 68.5 Å².